The number of para-hydroxylation sites is 1. The maximum absolute atomic E-state index is 13.2. The van der Waals surface area contributed by atoms with E-state index in [1.807, 2.05) is 48.5 Å². The molecule has 2 N–H and O–H groups in total. The van der Waals surface area contributed by atoms with Crippen molar-refractivity contribution in [3.63, 3.8) is 0 Å². The molecule has 1 aromatic heterocycles. The lowest BCUT2D eigenvalue weighted by atomic mass is 9.99. The van der Waals surface area contributed by atoms with Gasteiger partial charge in [-0.15, -0.1) is 11.3 Å². The van der Waals surface area contributed by atoms with E-state index in [-0.39, 0.29) is 4.21 Å². The molecule has 0 unspecified atom stereocenters. The van der Waals surface area contributed by atoms with Gasteiger partial charge < -0.3 is 14.8 Å². The standard InChI is InChI=1S/C27H34N2O4S2/c1-19(16-20-8-4-5-9-20)28-18-22-10-6-7-11-23(22)29-35(30,31)27-15-14-26(34-27)21-12-13-24(32-2)25(17-21)33-3/h6-7,10-15,17,19-20,28-29H,4-5,8-9,16,18H2,1-3H3/t19-/m0/s1. The van der Waals surface area contributed by atoms with Crippen molar-refractivity contribution < 1.29 is 17.9 Å². The highest BCUT2D eigenvalue weighted by molar-refractivity contribution is 7.94. The van der Waals surface area contributed by atoms with E-state index < -0.39 is 10.0 Å². The molecule has 1 fully saturated rings. The minimum Gasteiger partial charge on any atom is -0.493 e. The van der Waals surface area contributed by atoms with Gasteiger partial charge in [0.15, 0.2) is 11.5 Å². The van der Waals surface area contributed by atoms with Crippen LogP contribution in [0.15, 0.2) is 58.8 Å². The number of sulfonamides is 1. The highest BCUT2D eigenvalue weighted by Crippen LogP contribution is 2.37. The molecule has 0 bridgehead atoms. The van der Waals surface area contributed by atoms with Crippen LogP contribution >= 0.6 is 11.3 Å². The molecule has 0 spiro atoms. The molecule has 4 rings (SSSR count). The van der Waals surface area contributed by atoms with Gasteiger partial charge in [0, 0.05) is 17.5 Å². The van der Waals surface area contributed by atoms with Gasteiger partial charge in [0.2, 0.25) is 0 Å². The van der Waals surface area contributed by atoms with E-state index in [1.54, 1.807) is 20.3 Å². The molecule has 3 aromatic rings. The van der Waals surface area contributed by atoms with Crippen LogP contribution in [0, 0.1) is 5.92 Å². The minimum atomic E-state index is -3.72. The third-order valence-corrected chi connectivity index (χ3v) is 9.57. The average Bonchev–Trinajstić information content (AvgIpc) is 3.56. The Hall–Kier alpha value is -2.55. The molecule has 2 aromatic carbocycles. The van der Waals surface area contributed by atoms with Gasteiger partial charge in [-0.3, -0.25) is 4.72 Å². The van der Waals surface area contributed by atoms with Crippen LogP contribution in [0.3, 0.4) is 0 Å². The fourth-order valence-electron chi connectivity index (χ4n) is 4.69. The van der Waals surface area contributed by atoms with Crippen LogP contribution in [-0.4, -0.2) is 28.7 Å². The largest absolute Gasteiger partial charge is 0.493 e. The van der Waals surface area contributed by atoms with Crippen LogP contribution in [0.25, 0.3) is 10.4 Å². The molecule has 1 heterocycles. The Bertz CT molecular complexity index is 1230. The van der Waals surface area contributed by atoms with Crippen molar-refractivity contribution in [2.75, 3.05) is 18.9 Å². The first-order valence-electron chi connectivity index (χ1n) is 12.1. The number of rotatable bonds is 11. The number of hydrogen-bond acceptors (Lipinski definition) is 6. The molecular formula is C27H34N2O4S2. The van der Waals surface area contributed by atoms with Gasteiger partial charge in [-0.2, -0.15) is 0 Å². The summed E-state index contributed by atoms with van der Waals surface area (Å²) in [6.07, 6.45) is 6.52. The number of benzene rings is 2. The molecule has 0 aliphatic heterocycles. The van der Waals surface area contributed by atoms with Gasteiger partial charge in [-0.25, -0.2) is 8.42 Å². The Balaban J connectivity index is 1.46. The van der Waals surface area contributed by atoms with Gasteiger partial charge in [-0.05, 0) is 66.8 Å². The predicted molar refractivity (Wildman–Crippen MR) is 143 cm³/mol. The lowest BCUT2D eigenvalue weighted by Crippen LogP contribution is -2.28. The van der Waals surface area contributed by atoms with E-state index >= 15 is 0 Å². The molecule has 0 saturated heterocycles. The summed E-state index contributed by atoms with van der Waals surface area (Å²) in [7, 11) is -0.557. The fourth-order valence-corrected chi connectivity index (χ4v) is 7.10. The second kappa shape index (κ2) is 11.5. The maximum atomic E-state index is 13.2. The van der Waals surface area contributed by atoms with Crippen LogP contribution in [-0.2, 0) is 16.6 Å². The lowest BCUT2D eigenvalue weighted by molar-refractivity contribution is 0.355. The summed E-state index contributed by atoms with van der Waals surface area (Å²) in [5.41, 5.74) is 2.41. The molecule has 1 atom stereocenters. The maximum Gasteiger partial charge on any atom is 0.271 e. The average molecular weight is 515 g/mol. The molecular weight excluding hydrogens is 480 g/mol. The van der Waals surface area contributed by atoms with Crippen molar-refractivity contribution in [3.05, 3.63) is 60.2 Å². The third kappa shape index (κ3) is 6.37. The number of methoxy groups -OCH3 is 2. The lowest BCUT2D eigenvalue weighted by Gasteiger charge is -2.19. The van der Waals surface area contributed by atoms with Gasteiger partial charge in [0.25, 0.3) is 10.0 Å². The number of ether oxygens (including phenoxy) is 2. The smallest absolute Gasteiger partial charge is 0.271 e. The van der Waals surface area contributed by atoms with Gasteiger partial charge in [0.1, 0.15) is 4.21 Å². The zero-order chi connectivity index (χ0) is 24.8. The number of thiophene rings is 1. The Labute approximate surface area is 212 Å². The van der Waals surface area contributed by atoms with Crippen LogP contribution < -0.4 is 19.5 Å². The summed E-state index contributed by atoms with van der Waals surface area (Å²) < 4.78 is 40.2. The molecule has 0 amide bonds. The summed E-state index contributed by atoms with van der Waals surface area (Å²) in [6, 6.07) is 17.0. The first-order valence-corrected chi connectivity index (χ1v) is 14.4. The van der Waals surface area contributed by atoms with E-state index in [2.05, 4.69) is 17.0 Å². The topological polar surface area (TPSA) is 76.7 Å². The molecule has 35 heavy (non-hydrogen) atoms. The van der Waals surface area contributed by atoms with Crippen LogP contribution in [0.2, 0.25) is 0 Å². The Kier molecular flexibility index (Phi) is 8.36. The monoisotopic (exact) mass is 514 g/mol. The second-order valence-electron chi connectivity index (χ2n) is 9.12. The normalized spacial score (nSPS) is 15.2. The number of anilines is 1. The Morgan fingerprint density at radius 2 is 1.74 bits per heavy atom. The Morgan fingerprint density at radius 1 is 1.00 bits per heavy atom. The highest BCUT2D eigenvalue weighted by atomic mass is 32.2. The quantitative estimate of drug-likeness (QED) is 0.314. The highest BCUT2D eigenvalue weighted by Gasteiger charge is 2.21. The molecule has 1 saturated carbocycles. The van der Waals surface area contributed by atoms with Crippen molar-refractivity contribution >= 4 is 27.0 Å². The van der Waals surface area contributed by atoms with E-state index in [9.17, 15) is 8.42 Å². The first kappa shape index (κ1) is 25.5. The molecule has 6 nitrogen and oxygen atoms in total. The van der Waals surface area contributed by atoms with E-state index in [1.165, 1.54) is 43.4 Å². The molecule has 0 radical (unpaired) electrons. The van der Waals surface area contributed by atoms with Gasteiger partial charge in [0.05, 0.1) is 19.9 Å². The first-order chi connectivity index (χ1) is 16.9. The SMILES string of the molecule is COc1ccc(-c2ccc(S(=O)(=O)Nc3ccccc3CN[C@@H](C)CC3CCCC3)s2)cc1OC. The Morgan fingerprint density at radius 3 is 2.49 bits per heavy atom. The van der Waals surface area contributed by atoms with Crippen molar-refractivity contribution in [1.29, 1.82) is 0 Å². The molecule has 188 valence electrons. The number of hydrogen-bond donors (Lipinski definition) is 2. The van der Waals surface area contributed by atoms with E-state index in [0.717, 1.165) is 21.9 Å². The number of nitrogens with one attached hydrogen (secondary N) is 2. The van der Waals surface area contributed by atoms with Crippen LogP contribution in [0.4, 0.5) is 5.69 Å². The zero-order valence-electron chi connectivity index (χ0n) is 20.5. The summed E-state index contributed by atoms with van der Waals surface area (Å²) >= 11 is 1.22. The van der Waals surface area contributed by atoms with Gasteiger partial charge >= 0.3 is 0 Å². The fraction of sp³-hybridized carbons (Fsp3) is 0.407. The predicted octanol–water partition coefficient (Wildman–Crippen LogP) is 6.29. The zero-order valence-corrected chi connectivity index (χ0v) is 22.2. The molecule has 1 aliphatic carbocycles. The molecule has 8 heteroatoms. The summed E-state index contributed by atoms with van der Waals surface area (Å²) in [4.78, 5) is 0.835. The van der Waals surface area contributed by atoms with Crippen LogP contribution in [0.1, 0.15) is 44.6 Å². The summed E-state index contributed by atoms with van der Waals surface area (Å²) in [5.74, 6) is 2.04. The van der Waals surface area contributed by atoms with Crippen molar-refractivity contribution in [3.8, 4) is 21.9 Å². The van der Waals surface area contributed by atoms with Crippen molar-refractivity contribution in [2.24, 2.45) is 5.92 Å². The molecule has 1 aliphatic rings. The van der Waals surface area contributed by atoms with Crippen LogP contribution in [0.5, 0.6) is 11.5 Å². The van der Waals surface area contributed by atoms with Crippen molar-refractivity contribution in [2.45, 2.75) is 55.8 Å². The summed E-state index contributed by atoms with van der Waals surface area (Å²) in [5, 5.41) is 3.58. The van der Waals surface area contributed by atoms with E-state index in [4.69, 9.17) is 9.47 Å². The second-order valence-corrected chi connectivity index (χ2v) is 12.1. The van der Waals surface area contributed by atoms with Crippen molar-refractivity contribution in [1.82, 2.24) is 5.32 Å². The minimum absolute atomic E-state index is 0.264. The van der Waals surface area contributed by atoms with E-state index in [0.29, 0.717) is 29.8 Å². The van der Waals surface area contributed by atoms with Gasteiger partial charge in [-0.1, -0.05) is 43.9 Å². The third-order valence-electron chi connectivity index (χ3n) is 6.58. The summed E-state index contributed by atoms with van der Waals surface area (Å²) in [6.45, 7) is 2.83.